The van der Waals surface area contributed by atoms with Gasteiger partial charge < -0.3 is 10.6 Å². The molecule has 0 spiro atoms. The lowest BCUT2D eigenvalue weighted by atomic mass is 9.81. The van der Waals surface area contributed by atoms with Crippen LogP contribution in [0.25, 0.3) is 10.8 Å². The molecule has 0 aliphatic carbocycles. The van der Waals surface area contributed by atoms with Crippen LogP contribution in [0.2, 0.25) is 0 Å². The van der Waals surface area contributed by atoms with Crippen molar-refractivity contribution in [3.8, 4) is 0 Å². The van der Waals surface area contributed by atoms with Crippen molar-refractivity contribution in [2.45, 2.75) is 18.5 Å². The van der Waals surface area contributed by atoms with Gasteiger partial charge in [-0.2, -0.15) is 5.10 Å². The number of hydrogen-bond donors (Lipinski definition) is 3. The molecule has 0 saturated heterocycles. The number of rotatable bonds is 4. The van der Waals surface area contributed by atoms with Gasteiger partial charge in [-0.05, 0) is 42.4 Å². The number of benzene rings is 2. The van der Waals surface area contributed by atoms with Gasteiger partial charge in [0.2, 0.25) is 0 Å². The lowest BCUT2D eigenvalue weighted by Crippen LogP contribution is -2.28. The summed E-state index contributed by atoms with van der Waals surface area (Å²) >= 11 is 0. The van der Waals surface area contributed by atoms with Crippen LogP contribution in [0.5, 0.6) is 0 Å². The third kappa shape index (κ3) is 2.98. The van der Waals surface area contributed by atoms with E-state index in [1.807, 2.05) is 49.6 Å². The SMILES string of the molecule is CNCc1cccc(C2c3n[nH]c(=O)c4cccc(c34)NC2c2ccccn2)c1. The normalized spacial score (nSPS) is 17.8. The maximum Gasteiger partial charge on any atom is 0.272 e. The van der Waals surface area contributed by atoms with E-state index in [-0.39, 0.29) is 17.5 Å². The van der Waals surface area contributed by atoms with Gasteiger partial charge in [0, 0.05) is 23.8 Å². The molecule has 0 radical (unpaired) electrons. The molecule has 0 saturated carbocycles. The molecule has 0 bridgehead atoms. The van der Waals surface area contributed by atoms with Crippen molar-refractivity contribution in [1.29, 1.82) is 0 Å². The molecule has 1 aliphatic heterocycles. The van der Waals surface area contributed by atoms with Gasteiger partial charge in [-0.1, -0.05) is 36.4 Å². The molecular weight excluding hydrogens is 362 g/mol. The Bertz CT molecular complexity index is 1230. The minimum Gasteiger partial charge on any atom is -0.375 e. The van der Waals surface area contributed by atoms with Crippen LogP contribution in [-0.2, 0) is 6.54 Å². The van der Waals surface area contributed by atoms with E-state index in [0.29, 0.717) is 5.39 Å². The zero-order chi connectivity index (χ0) is 19.8. The topological polar surface area (TPSA) is 82.7 Å². The minimum atomic E-state index is -0.175. The highest BCUT2D eigenvalue weighted by molar-refractivity contribution is 5.97. The Morgan fingerprint density at radius 1 is 1.07 bits per heavy atom. The third-order valence-corrected chi connectivity index (χ3v) is 5.48. The maximum atomic E-state index is 12.4. The summed E-state index contributed by atoms with van der Waals surface area (Å²) in [5.74, 6) is -0.0871. The van der Waals surface area contributed by atoms with Crippen molar-refractivity contribution >= 4 is 16.5 Å². The Morgan fingerprint density at radius 2 is 1.97 bits per heavy atom. The van der Waals surface area contributed by atoms with Crippen LogP contribution < -0.4 is 16.2 Å². The summed E-state index contributed by atoms with van der Waals surface area (Å²) in [6.45, 7) is 0.785. The van der Waals surface area contributed by atoms with Gasteiger partial charge in [-0.3, -0.25) is 9.78 Å². The predicted octanol–water partition coefficient (Wildman–Crippen LogP) is 3.34. The van der Waals surface area contributed by atoms with Crippen molar-refractivity contribution < 1.29 is 0 Å². The van der Waals surface area contributed by atoms with Crippen molar-refractivity contribution in [2.75, 3.05) is 12.4 Å². The number of hydrogen-bond acceptors (Lipinski definition) is 5. The van der Waals surface area contributed by atoms with E-state index in [1.165, 1.54) is 5.56 Å². The summed E-state index contributed by atoms with van der Waals surface area (Å²) in [5, 5.41) is 15.6. The largest absolute Gasteiger partial charge is 0.375 e. The van der Waals surface area contributed by atoms with Gasteiger partial charge in [0.15, 0.2) is 0 Å². The fourth-order valence-electron chi connectivity index (χ4n) is 4.25. The van der Waals surface area contributed by atoms with E-state index in [9.17, 15) is 4.79 Å². The number of nitrogens with zero attached hydrogens (tertiary/aromatic N) is 2. The average Bonchev–Trinajstić information content (AvgIpc) is 2.77. The molecule has 2 atom stereocenters. The monoisotopic (exact) mass is 383 g/mol. The molecule has 29 heavy (non-hydrogen) atoms. The second kappa shape index (κ2) is 7.14. The highest BCUT2D eigenvalue weighted by Crippen LogP contribution is 2.45. The van der Waals surface area contributed by atoms with Crippen LogP contribution in [0.1, 0.15) is 34.5 Å². The van der Waals surface area contributed by atoms with Crippen LogP contribution in [0.3, 0.4) is 0 Å². The first-order valence-electron chi connectivity index (χ1n) is 9.68. The van der Waals surface area contributed by atoms with E-state index < -0.39 is 0 Å². The van der Waals surface area contributed by atoms with E-state index >= 15 is 0 Å². The molecule has 3 heterocycles. The lowest BCUT2D eigenvalue weighted by molar-refractivity contribution is 0.622. The highest BCUT2D eigenvalue weighted by Gasteiger charge is 2.35. The van der Waals surface area contributed by atoms with Crippen LogP contribution in [0, 0.1) is 0 Å². The van der Waals surface area contributed by atoms with Gasteiger partial charge in [-0.25, -0.2) is 5.10 Å². The summed E-state index contributed by atoms with van der Waals surface area (Å²) in [7, 11) is 1.94. The van der Waals surface area contributed by atoms with Gasteiger partial charge in [0.25, 0.3) is 5.56 Å². The molecule has 5 rings (SSSR count). The number of H-pyrrole nitrogens is 1. The zero-order valence-corrected chi connectivity index (χ0v) is 16.0. The molecule has 0 amide bonds. The highest BCUT2D eigenvalue weighted by atomic mass is 16.1. The second-order valence-electron chi connectivity index (χ2n) is 7.30. The second-order valence-corrected chi connectivity index (χ2v) is 7.30. The molecule has 6 heteroatoms. The first-order chi connectivity index (χ1) is 14.3. The van der Waals surface area contributed by atoms with Crippen molar-refractivity contribution in [3.05, 3.63) is 99.7 Å². The summed E-state index contributed by atoms with van der Waals surface area (Å²) < 4.78 is 0. The van der Waals surface area contributed by atoms with Gasteiger partial charge in [0.05, 0.1) is 28.7 Å². The molecular formula is C23H21N5O. The van der Waals surface area contributed by atoms with E-state index in [1.54, 1.807) is 0 Å². The number of nitrogens with one attached hydrogen (secondary N) is 3. The Kier molecular flexibility index (Phi) is 4.33. The molecule has 6 nitrogen and oxygen atoms in total. The molecule has 144 valence electrons. The number of anilines is 1. The maximum absolute atomic E-state index is 12.4. The fourth-order valence-corrected chi connectivity index (χ4v) is 4.25. The molecule has 2 unspecified atom stereocenters. The standard InChI is InChI=1S/C23H21N5O/c1-24-13-14-6-4-7-15(12-14)19-21(18-9-2-3-11-25-18)26-17-10-5-8-16-20(17)22(19)27-28-23(16)29/h2-12,19,21,24,26H,13H2,1H3,(H,28,29). The Balaban J connectivity index is 1.77. The minimum absolute atomic E-state index is 0.0871. The fraction of sp³-hybridized carbons (Fsp3) is 0.174. The average molecular weight is 383 g/mol. The number of aromatic amines is 1. The Labute approximate surface area is 168 Å². The molecule has 2 aromatic heterocycles. The van der Waals surface area contributed by atoms with E-state index in [2.05, 4.69) is 50.1 Å². The van der Waals surface area contributed by atoms with Crippen LogP contribution in [-0.4, -0.2) is 22.2 Å². The smallest absolute Gasteiger partial charge is 0.272 e. The third-order valence-electron chi connectivity index (χ3n) is 5.48. The number of aromatic nitrogens is 3. The summed E-state index contributed by atoms with van der Waals surface area (Å²) in [6, 6.07) is 20.1. The number of pyridine rings is 1. The van der Waals surface area contributed by atoms with Crippen LogP contribution in [0.4, 0.5) is 5.69 Å². The van der Waals surface area contributed by atoms with Crippen molar-refractivity contribution in [2.24, 2.45) is 0 Å². The van der Waals surface area contributed by atoms with Crippen molar-refractivity contribution in [1.82, 2.24) is 20.5 Å². The Hall–Kier alpha value is -3.51. The van der Waals surface area contributed by atoms with Gasteiger partial charge in [0.1, 0.15) is 0 Å². The van der Waals surface area contributed by atoms with Crippen LogP contribution >= 0.6 is 0 Å². The summed E-state index contributed by atoms with van der Waals surface area (Å²) in [4.78, 5) is 17.0. The quantitative estimate of drug-likeness (QED) is 0.503. The first kappa shape index (κ1) is 17.6. The molecule has 3 N–H and O–H groups in total. The molecule has 4 aromatic rings. The van der Waals surface area contributed by atoms with E-state index in [4.69, 9.17) is 0 Å². The summed E-state index contributed by atoms with van der Waals surface area (Å²) in [5.41, 5.74) is 4.87. The molecule has 0 fully saturated rings. The van der Waals surface area contributed by atoms with Gasteiger partial charge >= 0.3 is 0 Å². The predicted molar refractivity (Wildman–Crippen MR) is 114 cm³/mol. The summed E-state index contributed by atoms with van der Waals surface area (Å²) in [6.07, 6.45) is 1.81. The molecule has 2 aromatic carbocycles. The van der Waals surface area contributed by atoms with E-state index in [0.717, 1.165) is 34.6 Å². The van der Waals surface area contributed by atoms with Crippen LogP contribution in [0.15, 0.2) is 71.7 Å². The Morgan fingerprint density at radius 3 is 2.79 bits per heavy atom. The zero-order valence-electron chi connectivity index (χ0n) is 16.0. The van der Waals surface area contributed by atoms with Gasteiger partial charge in [-0.15, -0.1) is 0 Å². The lowest BCUT2D eigenvalue weighted by Gasteiger charge is -2.34. The first-order valence-corrected chi connectivity index (χ1v) is 9.68. The van der Waals surface area contributed by atoms with Crippen molar-refractivity contribution in [3.63, 3.8) is 0 Å². The molecule has 1 aliphatic rings.